The molecule has 58 valence electrons. The standard InChI is InChI=1S/C5H6ClN5/c6-10-3-1-2-4-5(10)9-11(7)8-4/h1-3,8H,7H2. The molecule has 0 bridgehead atoms. The largest absolute Gasteiger partial charge is 0.264 e. The van der Waals surface area contributed by atoms with E-state index < -0.39 is 0 Å². The number of rotatable bonds is 0. The van der Waals surface area contributed by atoms with Crippen molar-refractivity contribution in [3.05, 3.63) is 24.0 Å². The Morgan fingerprint density at radius 2 is 2.45 bits per heavy atom. The monoisotopic (exact) mass is 171 g/mol. The van der Waals surface area contributed by atoms with Crippen molar-refractivity contribution in [1.82, 2.24) is 15.1 Å². The summed E-state index contributed by atoms with van der Waals surface area (Å²) in [5.41, 5.74) is 3.57. The Morgan fingerprint density at radius 1 is 1.64 bits per heavy atom. The van der Waals surface area contributed by atoms with Gasteiger partial charge in [0.1, 0.15) is 5.70 Å². The van der Waals surface area contributed by atoms with Crippen molar-refractivity contribution in [3.8, 4) is 0 Å². The summed E-state index contributed by atoms with van der Waals surface area (Å²) in [6.45, 7) is 0. The molecule has 2 aliphatic rings. The van der Waals surface area contributed by atoms with E-state index in [1.54, 1.807) is 12.3 Å². The zero-order valence-corrected chi connectivity index (χ0v) is 6.28. The van der Waals surface area contributed by atoms with Crippen molar-refractivity contribution in [3.63, 3.8) is 0 Å². The fourth-order valence-corrected chi connectivity index (χ4v) is 1.10. The van der Waals surface area contributed by atoms with Gasteiger partial charge in [-0.05, 0) is 12.2 Å². The summed E-state index contributed by atoms with van der Waals surface area (Å²) in [6, 6.07) is 0. The van der Waals surface area contributed by atoms with Gasteiger partial charge in [-0.1, -0.05) is 0 Å². The van der Waals surface area contributed by atoms with E-state index in [4.69, 9.17) is 17.6 Å². The third-order valence-electron chi connectivity index (χ3n) is 1.36. The summed E-state index contributed by atoms with van der Waals surface area (Å²) in [4.78, 5) is 0. The van der Waals surface area contributed by atoms with Gasteiger partial charge >= 0.3 is 0 Å². The SMILES string of the molecule is NN1N=C2C(=CC=CN2Cl)N1. The number of nitrogens with one attached hydrogen (secondary N) is 1. The maximum Gasteiger partial charge on any atom is 0.196 e. The molecule has 0 atom stereocenters. The average molecular weight is 172 g/mol. The van der Waals surface area contributed by atoms with Gasteiger partial charge in [-0.3, -0.25) is 5.43 Å². The van der Waals surface area contributed by atoms with Crippen molar-refractivity contribution < 1.29 is 0 Å². The van der Waals surface area contributed by atoms with Crippen LogP contribution in [0.25, 0.3) is 0 Å². The van der Waals surface area contributed by atoms with Gasteiger partial charge in [-0.25, -0.2) is 10.3 Å². The van der Waals surface area contributed by atoms with Crippen molar-refractivity contribution in [2.24, 2.45) is 10.9 Å². The van der Waals surface area contributed by atoms with Crippen LogP contribution in [0.3, 0.4) is 0 Å². The summed E-state index contributed by atoms with van der Waals surface area (Å²) in [5.74, 6) is 5.95. The highest BCUT2D eigenvalue weighted by Crippen LogP contribution is 2.15. The molecule has 0 unspecified atom stereocenters. The smallest absolute Gasteiger partial charge is 0.196 e. The molecule has 0 spiro atoms. The van der Waals surface area contributed by atoms with E-state index in [0.717, 1.165) is 10.9 Å². The lowest BCUT2D eigenvalue weighted by atomic mass is 10.3. The van der Waals surface area contributed by atoms with Crippen molar-refractivity contribution in [2.75, 3.05) is 0 Å². The number of hydrazone groups is 1. The van der Waals surface area contributed by atoms with E-state index in [9.17, 15) is 0 Å². The van der Waals surface area contributed by atoms with Gasteiger partial charge in [-0.15, -0.1) is 10.3 Å². The number of allylic oxidation sites excluding steroid dienone is 2. The second-order valence-electron chi connectivity index (χ2n) is 2.11. The first-order valence-corrected chi connectivity index (χ1v) is 3.35. The number of hydrogen-bond donors (Lipinski definition) is 2. The van der Waals surface area contributed by atoms with E-state index in [-0.39, 0.29) is 0 Å². The van der Waals surface area contributed by atoms with Crippen LogP contribution in [0, 0.1) is 0 Å². The third-order valence-corrected chi connectivity index (χ3v) is 1.63. The van der Waals surface area contributed by atoms with Crippen LogP contribution < -0.4 is 11.3 Å². The summed E-state index contributed by atoms with van der Waals surface area (Å²) in [7, 11) is 0. The molecule has 3 N–H and O–H groups in total. The molecule has 0 aromatic heterocycles. The van der Waals surface area contributed by atoms with Crippen LogP contribution in [0.4, 0.5) is 0 Å². The van der Waals surface area contributed by atoms with E-state index >= 15 is 0 Å². The first kappa shape index (κ1) is 6.51. The Bertz CT molecular complexity index is 268. The summed E-state index contributed by atoms with van der Waals surface area (Å²) in [5, 5.41) is 5.00. The second-order valence-corrected chi connectivity index (χ2v) is 2.48. The zero-order chi connectivity index (χ0) is 7.84. The molecule has 0 aromatic carbocycles. The minimum absolute atomic E-state index is 0.608. The fraction of sp³-hybridized carbons (Fsp3) is 0. The van der Waals surface area contributed by atoms with Gasteiger partial charge in [0.2, 0.25) is 0 Å². The number of hydrogen-bond acceptors (Lipinski definition) is 5. The van der Waals surface area contributed by atoms with Gasteiger partial charge in [0.25, 0.3) is 0 Å². The lowest BCUT2D eigenvalue weighted by Crippen LogP contribution is -2.34. The molecule has 0 fully saturated rings. The molecule has 0 aliphatic carbocycles. The molecule has 2 heterocycles. The van der Waals surface area contributed by atoms with Gasteiger partial charge in [0, 0.05) is 18.0 Å². The first-order valence-electron chi connectivity index (χ1n) is 3.01. The van der Waals surface area contributed by atoms with Crippen LogP contribution in [-0.2, 0) is 0 Å². The number of halogens is 1. The summed E-state index contributed by atoms with van der Waals surface area (Å²) >= 11 is 5.74. The highest BCUT2D eigenvalue weighted by molar-refractivity contribution is 6.26. The molecule has 11 heavy (non-hydrogen) atoms. The van der Waals surface area contributed by atoms with Crippen molar-refractivity contribution >= 4 is 17.6 Å². The molecule has 0 saturated heterocycles. The Labute approximate surface area is 68.4 Å². The van der Waals surface area contributed by atoms with Crippen LogP contribution in [0.2, 0.25) is 0 Å². The van der Waals surface area contributed by atoms with Gasteiger partial charge in [-0.2, -0.15) is 0 Å². The molecule has 2 rings (SSSR count). The molecule has 2 aliphatic heterocycles. The summed E-state index contributed by atoms with van der Waals surface area (Å²) in [6.07, 6.45) is 5.32. The minimum atomic E-state index is 0.608. The fourth-order valence-electron chi connectivity index (χ4n) is 0.909. The van der Waals surface area contributed by atoms with Crippen LogP contribution in [0.1, 0.15) is 0 Å². The number of amidine groups is 1. The Kier molecular flexibility index (Phi) is 1.27. The minimum Gasteiger partial charge on any atom is -0.264 e. The average Bonchev–Trinajstić information content (AvgIpc) is 2.31. The quantitative estimate of drug-likeness (QED) is 0.394. The summed E-state index contributed by atoms with van der Waals surface area (Å²) < 4.78 is 1.37. The normalized spacial score (nSPS) is 20.9. The number of nitrogens with two attached hydrogens (primary N) is 1. The predicted octanol–water partition coefficient (Wildman–Crippen LogP) is -0.139. The molecule has 0 amide bonds. The van der Waals surface area contributed by atoms with Gasteiger partial charge in [0.15, 0.2) is 5.84 Å². The van der Waals surface area contributed by atoms with E-state index in [1.807, 2.05) is 6.08 Å². The second kappa shape index (κ2) is 2.14. The van der Waals surface area contributed by atoms with E-state index in [2.05, 4.69) is 10.5 Å². The molecular weight excluding hydrogens is 166 g/mol. The maximum absolute atomic E-state index is 5.74. The Balaban J connectivity index is 2.36. The highest BCUT2D eigenvalue weighted by atomic mass is 35.5. The molecule has 0 aromatic rings. The molecule has 6 heteroatoms. The molecule has 0 radical (unpaired) electrons. The maximum atomic E-state index is 5.74. The number of hydrazine groups is 2. The lowest BCUT2D eigenvalue weighted by molar-refractivity contribution is 0.253. The van der Waals surface area contributed by atoms with Crippen molar-refractivity contribution in [1.29, 1.82) is 0 Å². The van der Waals surface area contributed by atoms with Crippen LogP contribution >= 0.6 is 11.8 Å². The van der Waals surface area contributed by atoms with Crippen LogP contribution in [0.15, 0.2) is 29.2 Å². The van der Waals surface area contributed by atoms with Crippen molar-refractivity contribution in [2.45, 2.75) is 0 Å². The number of nitrogens with zero attached hydrogens (tertiary/aromatic N) is 3. The Hall–Kier alpha value is -1.20. The van der Waals surface area contributed by atoms with Gasteiger partial charge < -0.3 is 0 Å². The number of fused-ring (bicyclic) bond motifs is 1. The molecule has 0 saturated carbocycles. The van der Waals surface area contributed by atoms with E-state index in [0.29, 0.717) is 5.84 Å². The lowest BCUT2D eigenvalue weighted by Gasteiger charge is -2.12. The first-order chi connectivity index (χ1) is 5.27. The van der Waals surface area contributed by atoms with Gasteiger partial charge in [0.05, 0.1) is 0 Å². The molecule has 5 nitrogen and oxygen atoms in total. The van der Waals surface area contributed by atoms with Crippen LogP contribution in [-0.4, -0.2) is 15.5 Å². The molecular formula is C5H6ClN5. The van der Waals surface area contributed by atoms with E-state index in [1.165, 1.54) is 4.42 Å². The predicted molar refractivity (Wildman–Crippen MR) is 41.5 cm³/mol. The van der Waals surface area contributed by atoms with Crippen LogP contribution in [0.5, 0.6) is 0 Å². The highest BCUT2D eigenvalue weighted by Gasteiger charge is 2.22. The third kappa shape index (κ3) is 0.941. The zero-order valence-electron chi connectivity index (χ0n) is 5.53. The topological polar surface area (TPSA) is 56.9 Å². The Morgan fingerprint density at radius 3 is 3.18 bits per heavy atom.